The van der Waals surface area contributed by atoms with Gasteiger partial charge in [-0.2, -0.15) is 13.1 Å². The van der Waals surface area contributed by atoms with Gasteiger partial charge in [0.25, 0.3) is 0 Å². The van der Waals surface area contributed by atoms with Gasteiger partial charge in [-0.3, -0.25) is 9.21 Å². The Bertz CT molecular complexity index is 685. The maximum atomic E-state index is 12.6. The molecule has 3 atom stereocenters. The van der Waals surface area contributed by atoms with Crippen LogP contribution in [0.5, 0.6) is 0 Å². The second-order valence-corrected chi connectivity index (χ2v) is 8.96. The molecule has 2 aliphatic heterocycles. The molecule has 2 aliphatic rings. The first kappa shape index (κ1) is 18.6. The fourth-order valence-corrected chi connectivity index (χ4v) is 5.31. The fourth-order valence-electron chi connectivity index (χ4n) is 3.98. The summed E-state index contributed by atoms with van der Waals surface area (Å²) in [5.74, 6) is 0. The van der Waals surface area contributed by atoms with Crippen LogP contribution in [0.15, 0.2) is 24.3 Å². The first-order valence-corrected chi connectivity index (χ1v) is 10.6. The molecule has 0 saturated carbocycles. The Hall–Kier alpha value is -1.15. The van der Waals surface area contributed by atoms with Gasteiger partial charge < -0.3 is 5.11 Å². The maximum absolute atomic E-state index is 12.6. The van der Waals surface area contributed by atoms with Gasteiger partial charge in [0.2, 0.25) is 0 Å². The van der Waals surface area contributed by atoms with Gasteiger partial charge in [-0.1, -0.05) is 24.6 Å². The third-order valence-electron chi connectivity index (χ3n) is 5.43. The average Bonchev–Trinajstić information content (AvgIpc) is 3.01. The Kier molecular flexibility index (Phi) is 5.68. The van der Waals surface area contributed by atoms with Gasteiger partial charge in [-0.25, -0.2) is 0 Å². The minimum Gasteiger partial charge on any atom is -0.390 e. The number of anilines is 1. The molecule has 0 aliphatic carbocycles. The third-order valence-corrected chi connectivity index (χ3v) is 6.92. The molecule has 0 bridgehead atoms. The molecule has 0 spiro atoms. The smallest absolute Gasteiger partial charge is 0.301 e. The minimum atomic E-state index is -3.63. The van der Waals surface area contributed by atoms with E-state index in [1.54, 1.807) is 0 Å². The van der Waals surface area contributed by atoms with Gasteiger partial charge >= 0.3 is 10.2 Å². The van der Waals surface area contributed by atoms with E-state index in [2.05, 4.69) is 23.5 Å². The quantitative estimate of drug-likeness (QED) is 0.799. The molecule has 7 heteroatoms. The molecule has 6 nitrogen and oxygen atoms in total. The number of fused-ring (bicyclic) bond motifs is 1. The van der Waals surface area contributed by atoms with Crippen molar-refractivity contribution in [1.29, 1.82) is 0 Å². The maximum Gasteiger partial charge on any atom is 0.301 e. The lowest BCUT2D eigenvalue weighted by atomic mass is 9.97. The lowest BCUT2D eigenvalue weighted by Crippen LogP contribution is -2.50. The monoisotopic (exact) mass is 367 g/mol. The van der Waals surface area contributed by atoms with E-state index in [4.69, 9.17) is 0 Å². The fraction of sp³-hybridized carbons (Fsp3) is 0.667. The number of hydrogen-bond donors (Lipinski definition) is 2. The number of benzene rings is 1. The van der Waals surface area contributed by atoms with Crippen molar-refractivity contribution in [2.24, 2.45) is 0 Å². The zero-order valence-corrected chi connectivity index (χ0v) is 15.9. The highest BCUT2D eigenvalue weighted by molar-refractivity contribution is 7.90. The van der Waals surface area contributed by atoms with Crippen LogP contribution in [0.2, 0.25) is 0 Å². The Morgan fingerprint density at radius 1 is 1.24 bits per heavy atom. The van der Waals surface area contributed by atoms with Crippen LogP contribution in [0.1, 0.15) is 38.7 Å². The van der Waals surface area contributed by atoms with Gasteiger partial charge in [-0.05, 0) is 44.7 Å². The van der Waals surface area contributed by atoms with Gasteiger partial charge in [0.15, 0.2) is 0 Å². The normalized spacial score (nSPS) is 25.8. The van der Waals surface area contributed by atoms with Crippen LogP contribution in [-0.4, -0.2) is 56.2 Å². The topological polar surface area (TPSA) is 72.9 Å². The number of para-hydroxylation sites is 1. The Morgan fingerprint density at radius 3 is 2.64 bits per heavy atom. The molecular formula is C18H29N3O3S. The molecule has 0 aromatic heterocycles. The lowest BCUT2D eigenvalue weighted by molar-refractivity contribution is 0.0438. The van der Waals surface area contributed by atoms with E-state index in [9.17, 15) is 13.5 Å². The van der Waals surface area contributed by atoms with Gasteiger partial charge in [-0.15, -0.1) is 0 Å². The molecule has 3 rings (SSSR count). The summed E-state index contributed by atoms with van der Waals surface area (Å²) in [7, 11) is -3.63. The summed E-state index contributed by atoms with van der Waals surface area (Å²) in [6.45, 7) is 5.34. The molecule has 0 amide bonds. The SMILES string of the molecule is C[C@@H]1CCC[C@H](C)N1C[C@@H](O)CNS(=O)(=O)N1CCc2ccccc21. The molecule has 1 saturated heterocycles. The van der Waals surface area contributed by atoms with Crippen molar-refractivity contribution >= 4 is 15.9 Å². The molecule has 1 fully saturated rings. The Morgan fingerprint density at radius 2 is 1.92 bits per heavy atom. The number of likely N-dealkylation sites (tertiary alicyclic amines) is 1. The Balaban J connectivity index is 1.57. The standard InChI is InChI=1S/C18H29N3O3S/c1-14-6-5-7-15(2)20(14)13-17(22)12-19-25(23,24)21-11-10-16-8-3-4-9-18(16)21/h3-4,8-9,14-15,17,19,22H,5-7,10-13H2,1-2H3/t14-,15+,17-/m0/s1. The predicted molar refractivity (Wildman–Crippen MR) is 99.9 cm³/mol. The van der Waals surface area contributed by atoms with Crippen LogP contribution in [0.3, 0.4) is 0 Å². The summed E-state index contributed by atoms with van der Waals surface area (Å²) < 4.78 is 29.2. The van der Waals surface area contributed by atoms with E-state index in [1.165, 1.54) is 10.7 Å². The van der Waals surface area contributed by atoms with E-state index in [0.717, 1.165) is 30.5 Å². The molecule has 25 heavy (non-hydrogen) atoms. The van der Waals surface area contributed by atoms with E-state index in [1.807, 2.05) is 24.3 Å². The minimum absolute atomic E-state index is 0.0386. The van der Waals surface area contributed by atoms with Crippen LogP contribution in [-0.2, 0) is 16.6 Å². The highest BCUT2D eigenvalue weighted by Gasteiger charge is 2.30. The second kappa shape index (κ2) is 7.61. The van der Waals surface area contributed by atoms with E-state index in [-0.39, 0.29) is 6.54 Å². The molecule has 2 N–H and O–H groups in total. The van der Waals surface area contributed by atoms with Crippen molar-refractivity contribution in [1.82, 2.24) is 9.62 Å². The van der Waals surface area contributed by atoms with Crippen molar-refractivity contribution in [2.45, 2.75) is 57.7 Å². The summed E-state index contributed by atoms with van der Waals surface area (Å²) in [4.78, 5) is 2.29. The van der Waals surface area contributed by atoms with Gasteiger partial charge in [0.05, 0.1) is 11.8 Å². The molecular weight excluding hydrogens is 338 g/mol. The van der Waals surface area contributed by atoms with Crippen molar-refractivity contribution < 1.29 is 13.5 Å². The first-order chi connectivity index (χ1) is 11.9. The first-order valence-electron chi connectivity index (χ1n) is 9.17. The predicted octanol–water partition coefficient (Wildman–Crippen LogP) is 1.51. The molecule has 1 aromatic carbocycles. The highest BCUT2D eigenvalue weighted by Crippen LogP contribution is 2.29. The van der Waals surface area contributed by atoms with E-state index < -0.39 is 16.3 Å². The third kappa shape index (κ3) is 4.16. The molecule has 2 heterocycles. The molecule has 140 valence electrons. The van der Waals surface area contributed by atoms with Gasteiger partial charge in [0, 0.05) is 31.7 Å². The number of nitrogens with zero attached hydrogens (tertiary/aromatic N) is 2. The largest absolute Gasteiger partial charge is 0.390 e. The van der Waals surface area contributed by atoms with Crippen molar-refractivity contribution in [3.05, 3.63) is 29.8 Å². The van der Waals surface area contributed by atoms with Crippen molar-refractivity contribution in [2.75, 3.05) is 23.9 Å². The summed E-state index contributed by atoms with van der Waals surface area (Å²) in [6.07, 6.45) is 3.50. The van der Waals surface area contributed by atoms with Crippen LogP contribution < -0.4 is 9.03 Å². The molecule has 0 unspecified atom stereocenters. The van der Waals surface area contributed by atoms with Crippen LogP contribution >= 0.6 is 0 Å². The van der Waals surface area contributed by atoms with E-state index >= 15 is 0 Å². The number of rotatable bonds is 6. The summed E-state index contributed by atoms with van der Waals surface area (Å²) in [5, 5.41) is 10.4. The van der Waals surface area contributed by atoms with Crippen LogP contribution in [0, 0.1) is 0 Å². The zero-order valence-electron chi connectivity index (χ0n) is 15.1. The van der Waals surface area contributed by atoms with Crippen LogP contribution in [0.4, 0.5) is 5.69 Å². The number of β-amino-alcohol motifs (C(OH)–C–C–N with tert-alkyl or cyclic N) is 1. The summed E-state index contributed by atoms with van der Waals surface area (Å²) >= 11 is 0. The summed E-state index contributed by atoms with van der Waals surface area (Å²) in [5.41, 5.74) is 1.78. The number of aliphatic hydroxyl groups is 1. The van der Waals surface area contributed by atoms with E-state index in [0.29, 0.717) is 25.2 Å². The molecule has 1 aromatic rings. The van der Waals surface area contributed by atoms with Gasteiger partial charge in [0.1, 0.15) is 0 Å². The number of nitrogens with one attached hydrogen (secondary N) is 1. The number of piperidine rings is 1. The number of aliphatic hydroxyl groups excluding tert-OH is 1. The lowest BCUT2D eigenvalue weighted by Gasteiger charge is -2.40. The number of hydrogen-bond acceptors (Lipinski definition) is 4. The zero-order chi connectivity index (χ0) is 18.0. The van der Waals surface area contributed by atoms with Crippen LogP contribution in [0.25, 0.3) is 0 Å². The average molecular weight is 368 g/mol. The van der Waals surface area contributed by atoms with Crippen molar-refractivity contribution in [3.63, 3.8) is 0 Å². The molecule has 0 radical (unpaired) electrons. The Labute approximate surface area is 151 Å². The summed E-state index contributed by atoms with van der Waals surface area (Å²) in [6, 6.07) is 8.42. The highest BCUT2D eigenvalue weighted by atomic mass is 32.2. The second-order valence-electron chi connectivity index (χ2n) is 7.28. The van der Waals surface area contributed by atoms with Crippen molar-refractivity contribution in [3.8, 4) is 0 Å².